The molecule has 1 N–H and O–H groups in total. The molecule has 1 aliphatic rings. The summed E-state index contributed by atoms with van der Waals surface area (Å²) >= 11 is 0. The van der Waals surface area contributed by atoms with Gasteiger partial charge in [-0.2, -0.15) is 0 Å². The third kappa shape index (κ3) is 3.10. The molecule has 1 aromatic rings. The van der Waals surface area contributed by atoms with E-state index in [9.17, 15) is 14.0 Å². The Labute approximate surface area is 111 Å². The third-order valence-electron chi connectivity index (χ3n) is 3.04. The van der Waals surface area contributed by atoms with Crippen LogP contribution in [0.4, 0.5) is 9.18 Å². The third-order valence-corrected chi connectivity index (χ3v) is 3.04. The Morgan fingerprint density at radius 1 is 1.37 bits per heavy atom. The summed E-state index contributed by atoms with van der Waals surface area (Å²) in [6.07, 6.45) is 0.615. The van der Waals surface area contributed by atoms with Crippen molar-refractivity contribution in [2.45, 2.75) is 32.9 Å². The second kappa shape index (κ2) is 5.38. The Balaban J connectivity index is 2.08. The Bertz CT molecular complexity index is 502. The van der Waals surface area contributed by atoms with Crippen LogP contribution in [0.25, 0.3) is 0 Å². The van der Waals surface area contributed by atoms with Crippen molar-refractivity contribution >= 4 is 11.9 Å². The Morgan fingerprint density at radius 2 is 2.11 bits per heavy atom. The number of nitrogens with zero attached hydrogens (tertiary/aromatic N) is 1. The molecular formula is C14H17FN2O2. The number of nitrogens with one attached hydrogen (secondary N) is 1. The Hall–Kier alpha value is -1.91. The number of hydrogen-bond acceptors (Lipinski definition) is 2. The average Bonchev–Trinajstić information content (AvgIpc) is 2.56. The normalized spacial score (nSPS) is 19.2. The van der Waals surface area contributed by atoms with Gasteiger partial charge in [0, 0.05) is 0 Å². The minimum atomic E-state index is -0.457. The van der Waals surface area contributed by atoms with Crippen LogP contribution in [0.2, 0.25) is 0 Å². The summed E-state index contributed by atoms with van der Waals surface area (Å²) in [4.78, 5) is 25.0. The topological polar surface area (TPSA) is 49.4 Å². The molecule has 3 amide bonds. The quantitative estimate of drug-likeness (QED) is 0.848. The minimum absolute atomic E-state index is 0.108. The van der Waals surface area contributed by atoms with Gasteiger partial charge in [-0.1, -0.05) is 26.0 Å². The van der Waals surface area contributed by atoms with E-state index in [-0.39, 0.29) is 18.3 Å². The lowest BCUT2D eigenvalue weighted by atomic mass is 10.0. The minimum Gasteiger partial charge on any atom is -0.326 e. The molecule has 19 heavy (non-hydrogen) atoms. The molecule has 1 unspecified atom stereocenters. The first-order valence-corrected chi connectivity index (χ1v) is 6.33. The number of amides is 3. The SMILES string of the molecule is CC(C)CC1NC(=O)N(Cc2cccc(F)c2)C1=O. The number of carbonyl (C=O) groups excluding carboxylic acids is 2. The van der Waals surface area contributed by atoms with Crippen LogP contribution in [0.5, 0.6) is 0 Å². The van der Waals surface area contributed by atoms with Crippen molar-refractivity contribution < 1.29 is 14.0 Å². The van der Waals surface area contributed by atoms with E-state index in [1.165, 1.54) is 12.1 Å². The number of urea groups is 1. The van der Waals surface area contributed by atoms with E-state index in [4.69, 9.17) is 0 Å². The fraction of sp³-hybridized carbons (Fsp3) is 0.429. The standard InChI is InChI=1S/C14H17FN2O2/c1-9(2)6-12-13(18)17(14(19)16-12)8-10-4-3-5-11(15)7-10/h3-5,7,9,12H,6,8H2,1-2H3,(H,16,19). The number of rotatable bonds is 4. The molecule has 1 aromatic carbocycles. The monoisotopic (exact) mass is 264 g/mol. The number of hydrogen-bond donors (Lipinski definition) is 1. The molecule has 0 bridgehead atoms. The lowest BCUT2D eigenvalue weighted by molar-refractivity contribution is -0.128. The molecule has 0 radical (unpaired) electrons. The van der Waals surface area contributed by atoms with Crippen molar-refractivity contribution in [1.29, 1.82) is 0 Å². The summed E-state index contributed by atoms with van der Waals surface area (Å²) in [5.41, 5.74) is 0.605. The predicted octanol–water partition coefficient (Wildman–Crippen LogP) is 2.29. The van der Waals surface area contributed by atoms with E-state index in [2.05, 4.69) is 5.32 Å². The summed E-state index contributed by atoms with van der Waals surface area (Å²) in [6.45, 7) is 4.10. The number of carbonyl (C=O) groups is 2. The fourth-order valence-corrected chi connectivity index (χ4v) is 2.18. The molecular weight excluding hydrogens is 247 g/mol. The van der Waals surface area contributed by atoms with Crippen LogP contribution in [0.15, 0.2) is 24.3 Å². The first kappa shape index (κ1) is 13.5. The van der Waals surface area contributed by atoms with E-state index in [0.29, 0.717) is 17.9 Å². The maximum absolute atomic E-state index is 13.1. The number of benzene rings is 1. The summed E-state index contributed by atoms with van der Waals surface area (Å²) in [6, 6.07) is 5.06. The van der Waals surface area contributed by atoms with Gasteiger partial charge in [0.05, 0.1) is 6.54 Å². The highest BCUT2D eigenvalue weighted by atomic mass is 19.1. The molecule has 0 saturated carbocycles. The van der Waals surface area contributed by atoms with Gasteiger partial charge in [-0.3, -0.25) is 9.69 Å². The van der Waals surface area contributed by atoms with Crippen molar-refractivity contribution in [2.24, 2.45) is 5.92 Å². The molecule has 1 saturated heterocycles. The van der Waals surface area contributed by atoms with Crippen molar-refractivity contribution in [3.8, 4) is 0 Å². The van der Waals surface area contributed by atoms with Crippen molar-refractivity contribution in [3.63, 3.8) is 0 Å². The van der Waals surface area contributed by atoms with Crippen LogP contribution < -0.4 is 5.32 Å². The van der Waals surface area contributed by atoms with Gasteiger partial charge in [0.2, 0.25) is 0 Å². The van der Waals surface area contributed by atoms with Gasteiger partial charge < -0.3 is 5.32 Å². The zero-order chi connectivity index (χ0) is 14.0. The molecule has 1 fully saturated rings. The second-order valence-electron chi connectivity index (χ2n) is 5.19. The van der Waals surface area contributed by atoms with Crippen LogP contribution >= 0.6 is 0 Å². The fourth-order valence-electron chi connectivity index (χ4n) is 2.18. The summed E-state index contributed by atoms with van der Waals surface area (Å²) in [5.74, 6) is -0.283. The molecule has 0 spiro atoms. The van der Waals surface area contributed by atoms with E-state index in [0.717, 1.165) is 4.90 Å². The van der Waals surface area contributed by atoms with Gasteiger partial charge in [0.15, 0.2) is 0 Å². The van der Waals surface area contributed by atoms with Crippen molar-refractivity contribution in [1.82, 2.24) is 10.2 Å². The second-order valence-corrected chi connectivity index (χ2v) is 5.19. The summed E-state index contributed by atoms with van der Waals surface area (Å²) in [5, 5.41) is 2.66. The van der Waals surface area contributed by atoms with Crippen LogP contribution in [-0.2, 0) is 11.3 Å². The molecule has 4 nitrogen and oxygen atoms in total. The summed E-state index contributed by atoms with van der Waals surface area (Å²) < 4.78 is 13.1. The highest BCUT2D eigenvalue weighted by Crippen LogP contribution is 2.17. The van der Waals surface area contributed by atoms with Gasteiger partial charge in [-0.05, 0) is 30.0 Å². The molecule has 2 rings (SSSR count). The van der Waals surface area contributed by atoms with Crippen LogP contribution in [0.1, 0.15) is 25.8 Å². The smallest absolute Gasteiger partial charge is 0.325 e. The molecule has 1 atom stereocenters. The van der Waals surface area contributed by atoms with Gasteiger partial charge >= 0.3 is 6.03 Å². The maximum atomic E-state index is 13.1. The van der Waals surface area contributed by atoms with Gasteiger partial charge in [-0.25, -0.2) is 9.18 Å². The number of imide groups is 1. The molecule has 0 aliphatic carbocycles. The highest BCUT2D eigenvalue weighted by Gasteiger charge is 2.37. The van der Waals surface area contributed by atoms with E-state index < -0.39 is 12.1 Å². The average molecular weight is 264 g/mol. The maximum Gasteiger partial charge on any atom is 0.325 e. The molecule has 1 aliphatic heterocycles. The van der Waals surface area contributed by atoms with E-state index >= 15 is 0 Å². The summed E-state index contributed by atoms with van der Waals surface area (Å²) in [7, 11) is 0. The van der Waals surface area contributed by atoms with Crippen molar-refractivity contribution in [2.75, 3.05) is 0 Å². The lowest BCUT2D eigenvalue weighted by Crippen LogP contribution is -2.31. The Morgan fingerprint density at radius 3 is 2.74 bits per heavy atom. The highest BCUT2D eigenvalue weighted by molar-refractivity contribution is 6.04. The van der Waals surface area contributed by atoms with Gasteiger partial charge in [0.25, 0.3) is 5.91 Å². The van der Waals surface area contributed by atoms with Crippen LogP contribution in [0.3, 0.4) is 0 Å². The van der Waals surface area contributed by atoms with Crippen LogP contribution in [0, 0.1) is 11.7 Å². The number of halogens is 1. The molecule has 1 heterocycles. The van der Waals surface area contributed by atoms with Gasteiger partial charge in [0.1, 0.15) is 11.9 Å². The van der Waals surface area contributed by atoms with E-state index in [1.54, 1.807) is 12.1 Å². The van der Waals surface area contributed by atoms with Gasteiger partial charge in [-0.15, -0.1) is 0 Å². The zero-order valence-electron chi connectivity index (χ0n) is 11.0. The molecule has 0 aromatic heterocycles. The first-order valence-electron chi connectivity index (χ1n) is 6.33. The van der Waals surface area contributed by atoms with E-state index in [1.807, 2.05) is 13.8 Å². The Kier molecular flexibility index (Phi) is 3.83. The van der Waals surface area contributed by atoms with Crippen molar-refractivity contribution in [3.05, 3.63) is 35.6 Å². The largest absolute Gasteiger partial charge is 0.326 e. The zero-order valence-corrected chi connectivity index (χ0v) is 11.0. The lowest BCUT2D eigenvalue weighted by Gasteiger charge is -2.13. The van der Waals surface area contributed by atoms with Crippen LogP contribution in [-0.4, -0.2) is 22.9 Å². The first-order chi connectivity index (χ1) is 8.97. The molecule has 102 valence electrons. The predicted molar refractivity (Wildman–Crippen MR) is 68.7 cm³/mol. The molecule has 5 heteroatoms.